The first-order chi connectivity index (χ1) is 13.5. The molecule has 28 heavy (non-hydrogen) atoms. The molecule has 0 aliphatic carbocycles. The lowest BCUT2D eigenvalue weighted by atomic mass is 10.1. The minimum absolute atomic E-state index is 0.287. The minimum Gasteiger partial charge on any atom is -0.465 e. The van der Waals surface area contributed by atoms with Gasteiger partial charge in [-0.3, -0.25) is 9.59 Å². The quantitative estimate of drug-likeness (QED) is 0.537. The summed E-state index contributed by atoms with van der Waals surface area (Å²) < 4.78 is 5.50. The number of halogens is 1. The van der Waals surface area contributed by atoms with Crippen LogP contribution in [0.5, 0.6) is 0 Å². The third kappa shape index (κ3) is 4.65. The molecule has 0 fully saturated rings. The first kappa shape index (κ1) is 19.8. The van der Waals surface area contributed by atoms with Crippen molar-refractivity contribution in [3.8, 4) is 0 Å². The number of carbonyl (C=O) groups excluding carboxylic acids is 3. The zero-order valence-electron chi connectivity index (χ0n) is 14.7. The Bertz CT molecular complexity index is 1050. The summed E-state index contributed by atoms with van der Waals surface area (Å²) in [5.74, 6) is -1.20. The molecule has 0 atom stereocenters. The maximum atomic E-state index is 12.6. The molecule has 0 bridgehead atoms. The third-order valence-electron chi connectivity index (χ3n) is 3.75. The van der Waals surface area contributed by atoms with Gasteiger partial charge in [-0.25, -0.2) is 4.79 Å². The summed E-state index contributed by atoms with van der Waals surface area (Å²) in [7, 11) is 1.28. The summed E-state index contributed by atoms with van der Waals surface area (Å²) in [6.07, 6.45) is 0. The maximum Gasteiger partial charge on any atom is 0.350 e. The molecule has 6 nitrogen and oxygen atoms in total. The molecular weight excluding hydrogens is 444 g/mol. The summed E-state index contributed by atoms with van der Waals surface area (Å²) >= 11 is 4.51. The number of anilines is 2. The largest absolute Gasteiger partial charge is 0.465 e. The Morgan fingerprint density at radius 2 is 1.61 bits per heavy atom. The monoisotopic (exact) mass is 458 g/mol. The molecule has 2 amide bonds. The fraction of sp³-hybridized carbons (Fsp3) is 0.0500. The van der Waals surface area contributed by atoms with E-state index in [-0.39, 0.29) is 5.91 Å². The van der Waals surface area contributed by atoms with Crippen molar-refractivity contribution < 1.29 is 19.1 Å². The summed E-state index contributed by atoms with van der Waals surface area (Å²) in [5.41, 5.74) is 1.70. The number of amides is 2. The minimum atomic E-state index is -0.514. The SMILES string of the molecule is COC(=O)c1sccc1NC(=O)c1cccc(NC(=O)c2cccc(Br)c2)c1. The average Bonchev–Trinajstić information content (AvgIpc) is 3.15. The molecule has 0 saturated heterocycles. The highest BCUT2D eigenvalue weighted by atomic mass is 79.9. The third-order valence-corrected chi connectivity index (χ3v) is 5.14. The van der Waals surface area contributed by atoms with E-state index in [1.54, 1.807) is 53.9 Å². The fourth-order valence-corrected chi connectivity index (χ4v) is 3.59. The van der Waals surface area contributed by atoms with Crippen molar-refractivity contribution >= 4 is 56.4 Å². The van der Waals surface area contributed by atoms with E-state index in [1.807, 2.05) is 6.07 Å². The highest BCUT2D eigenvalue weighted by molar-refractivity contribution is 9.10. The fourth-order valence-electron chi connectivity index (χ4n) is 2.42. The van der Waals surface area contributed by atoms with E-state index in [4.69, 9.17) is 4.74 Å². The van der Waals surface area contributed by atoms with Gasteiger partial charge in [0.05, 0.1) is 12.8 Å². The number of hydrogen-bond acceptors (Lipinski definition) is 5. The van der Waals surface area contributed by atoms with Gasteiger partial charge in [0.1, 0.15) is 4.88 Å². The Morgan fingerprint density at radius 1 is 0.929 bits per heavy atom. The van der Waals surface area contributed by atoms with E-state index in [0.717, 1.165) is 4.47 Å². The van der Waals surface area contributed by atoms with E-state index < -0.39 is 11.9 Å². The van der Waals surface area contributed by atoms with E-state index in [9.17, 15) is 14.4 Å². The van der Waals surface area contributed by atoms with Crippen LogP contribution in [0.2, 0.25) is 0 Å². The van der Waals surface area contributed by atoms with Gasteiger partial charge in [0.2, 0.25) is 0 Å². The molecule has 142 valence electrons. The Kier molecular flexibility index (Phi) is 6.23. The maximum absolute atomic E-state index is 12.6. The van der Waals surface area contributed by atoms with E-state index in [2.05, 4.69) is 26.6 Å². The molecule has 1 aromatic heterocycles. The van der Waals surface area contributed by atoms with Crippen LogP contribution >= 0.6 is 27.3 Å². The summed E-state index contributed by atoms with van der Waals surface area (Å²) in [5, 5.41) is 7.15. The number of nitrogens with one attached hydrogen (secondary N) is 2. The topological polar surface area (TPSA) is 84.5 Å². The second-order valence-corrected chi connectivity index (χ2v) is 7.49. The smallest absolute Gasteiger partial charge is 0.350 e. The van der Waals surface area contributed by atoms with Gasteiger partial charge >= 0.3 is 5.97 Å². The second-order valence-electron chi connectivity index (χ2n) is 5.65. The molecule has 0 unspecified atom stereocenters. The molecular formula is C20H15BrN2O4S. The van der Waals surface area contributed by atoms with Crippen molar-refractivity contribution in [2.45, 2.75) is 0 Å². The van der Waals surface area contributed by atoms with Crippen LogP contribution < -0.4 is 10.6 Å². The van der Waals surface area contributed by atoms with E-state index >= 15 is 0 Å². The number of esters is 1. The molecule has 0 spiro atoms. The first-order valence-corrected chi connectivity index (χ1v) is 9.79. The molecule has 2 aromatic carbocycles. The van der Waals surface area contributed by atoms with Crippen LogP contribution in [-0.2, 0) is 4.74 Å². The van der Waals surface area contributed by atoms with E-state index in [0.29, 0.717) is 27.4 Å². The Balaban J connectivity index is 1.74. The van der Waals surface area contributed by atoms with Crippen LogP contribution in [0.1, 0.15) is 30.4 Å². The van der Waals surface area contributed by atoms with Crippen LogP contribution in [0.3, 0.4) is 0 Å². The van der Waals surface area contributed by atoms with Gasteiger partial charge in [0, 0.05) is 21.3 Å². The Labute approximate surface area is 173 Å². The summed E-state index contributed by atoms with van der Waals surface area (Å²) in [4.78, 5) is 37.0. The zero-order valence-corrected chi connectivity index (χ0v) is 17.1. The Hall–Kier alpha value is -2.97. The van der Waals surface area contributed by atoms with Gasteiger partial charge in [0.15, 0.2) is 0 Å². The van der Waals surface area contributed by atoms with Crippen molar-refractivity contribution in [3.05, 3.63) is 80.5 Å². The van der Waals surface area contributed by atoms with Gasteiger partial charge in [-0.15, -0.1) is 11.3 Å². The lowest BCUT2D eigenvalue weighted by Crippen LogP contribution is -2.15. The highest BCUT2D eigenvalue weighted by Gasteiger charge is 2.17. The molecule has 0 saturated carbocycles. The number of benzene rings is 2. The summed E-state index contributed by atoms with van der Waals surface area (Å²) in [6, 6.07) is 15.2. The summed E-state index contributed by atoms with van der Waals surface area (Å²) in [6.45, 7) is 0. The lowest BCUT2D eigenvalue weighted by molar-refractivity contribution is 0.0607. The second kappa shape index (κ2) is 8.81. The van der Waals surface area contributed by atoms with Crippen molar-refractivity contribution in [2.75, 3.05) is 17.7 Å². The lowest BCUT2D eigenvalue weighted by Gasteiger charge is -2.09. The first-order valence-electron chi connectivity index (χ1n) is 8.12. The van der Waals surface area contributed by atoms with Crippen LogP contribution in [0.4, 0.5) is 11.4 Å². The van der Waals surface area contributed by atoms with Crippen molar-refractivity contribution in [3.63, 3.8) is 0 Å². The standard InChI is InChI=1S/C20H15BrN2O4S/c1-27-20(26)17-16(8-9-28-17)23-19(25)13-5-3-7-15(11-13)22-18(24)12-4-2-6-14(21)10-12/h2-11H,1H3,(H,22,24)(H,23,25). The number of hydrogen-bond donors (Lipinski definition) is 2. The highest BCUT2D eigenvalue weighted by Crippen LogP contribution is 2.24. The molecule has 2 N–H and O–H groups in total. The molecule has 0 aliphatic rings. The molecule has 8 heteroatoms. The van der Waals surface area contributed by atoms with E-state index in [1.165, 1.54) is 18.4 Å². The molecule has 3 aromatic rings. The average molecular weight is 459 g/mol. The van der Waals surface area contributed by atoms with Crippen LogP contribution in [0.15, 0.2) is 64.5 Å². The molecule has 1 heterocycles. The predicted molar refractivity (Wildman–Crippen MR) is 112 cm³/mol. The van der Waals surface area contributed by atoms with Crippen LogP contribution in [0, 0.1) is 0 Å². The number of thiophene rings is 1. The molecule has 0 radical (unpaired) electrons. The number of rotatable bonds is 5. The van der Waals surface area contributed by atoms with Gasteiger partial charge in [-0.05, 0) is 47.8 Å². The van der Waals surface area contributed by atoms with Gasteiger partial charge in [-0.1, -0.05) is 28.1 Å². The van der Waals surface area contributed by atoms with Crippen molar-refractivity contribution in [1.29, 1.82) is 0 Å². The number of carbonyl (C=O) groups is 3. The number of ether oxygens (including phenoxy) is 1. The number of methoxy groups -OCH3 is 1. The van der Waals surface area contributed by atoms with Gasteiger partial charge in [-0.2, -0.15) is 0 Å². The van der Waals surface area contributed by atoms with Crippen molar-refractivity contribution in [2.24, 2.45) is 0 Å². The zero-order chi connectivity index (χ0) is 20.1. The van der Waals surface area contributed by atoms with Gasteiger partial charge < -0.3 is 15.4 Å². The van der Waals surface area contributed by atoms with Crippen LogP contribution in [0.25, 0.3) is 0 Å². The van der Waals surface area contributed by atoms with Gasteiger partial charge in [0.25, 0.3) is 11.8 Å². The molecule has 0 aliphatic heterocycles. The molecule has 3 rings (SSSR count). The van der Waals surface area contributed by atoms with Crippen LogP contribution in [-0.4, -0.2) is 24.9 Å². The predicted octanol–water partition coefficient (Wildman–Crippen LogP) is 4.80. The normalized spacial score (nSPS) is 10.2. The van der Waals surface area contributed by atoms with Crippen molar-refractivity contribution in [1.82, 2.24) is 0 Å². The Morgan fingerprint density at radius 3 is 2.32 bits per heavy atom.